The summed E-state index contributed by atoms with van der Waals surface area (Å²) in [5, 5.41) is 17.5. The molecule has 2 aromatic carbocycles. The normalized spacial score (nSPS) is 11.0. The van der Waals surface area contributed by atoms with Gasteiger partial charge in [-0.3, -0.25) is 9.59 Å². The molecule has 0 aliphatic rings. The van der Waals surface area contributed by atoms with E-state index in [0.717, 1.165) is 0 Å². The summed E-state index contributed by atoms with van der Waals surface area (Å²) in [6.07, 6.45) is 0. The summed E-state index contributed by atoms with van der Waals surface area (Å²) in [6.45, 7) is 3.15. The van der Waals surface area contributed by atoms with Crippen LogP contribution in [0.5, 0.6) is 0 Å². The molecule has 24 heavy (non-hydrogen) atoms. The number of para-hydroxylation sites is 1. The topological polar surface area (TPSA) is 94.0 Å². The Kier molecular flexibility index (Phi) is 5.53. The summed E-state index contributed by atoms with van der Waals surface area (Å²) < 4.78 is 0. The fourth-order valence-electron chi connectivity index (χ4n) is 2.14. The molecule has 3 N–H and O–H groups in total. The van der Waals surface area contributed by atoms with Gasteiger partial charge in [-0.05, 0) is 37.3 Å². The van der Waals surface area contributed by atoms with Crippen LogP contribution in [-0.2, 0) is 9.59 Å². The molecule has 0 aliphatic heterocycles. The lowest BCUT2D eigenvalue weighted by Gasteiger charge is -2.16. The molecule has 0 heterocycles. The minimum atomic E-state index is -0.524. The summed E-state index contributed by atoms with van der Waals surface area (Å²) in [7, 11) is 0. The Morgan fingerprint density at radius 3 is 2.46 bits per heavy atom. The zero-order valence-electron chi connectivity index (χ0n) is 13.5. The van der Waals surface area contributed by atoms with Crippen LogP contribution in [0.15, 0.2) is 48.5 Å². The fourth-order valence-corrected chi connectivity index (χ4v) is 2.14. The van der Waals surface area contributed by atoms with Crippen molar-refractivity contribution in [2.24, 2.45) is 0 Å². The van der Waals surface area contributed by atoms with Crippen molar-refractivity contribution in [2.45, 2.75) is 19.9 Å². The number of nitriles is 1. The number of carbonyl (C=O) groups excluding carboxylic acids is 2. The highest BCUT2D eigenvalue weighted by molar-refractivity contribution is 5.97. The van der Waals surface area contributed by atoms with Crippen LogP contribution in [0.3, 0.4) is 0 Å². The van der Waals surface area contributed by atoms with Gasteiger partial charge in [0, 0.05) is 18.3 Å². The molecule has 2 aromatic rings. The van der Waals surface area contributed by atoms with Crippen molar-refractivity contribution in [3.8, 4) is 6.07 Å². The van der Waals surface area contributed by atoms with Gasteiger partial charge >= 0.3 is 0 Å². The monoisotopic (exact) mass is 322 g/mol. The predicted molar refractivity (Wildman–Crippen MR) is 93.6 cm³/mol. The molecule has 1 atom stereocenters. The molecule has 0 aromatic heterocycles. The largest absolute Gasteiger partial charge is 0.374 e. The van der Waals surface area contributed by atoms with Crippen LogP contribution in [0.4, 0.5) is 17.1 Å². The molecule has 0 aliphatic carbocycles. The van der Waals surface area contributed by atoms with Gasteiger partial charge in [0.1, 0.15) is 12.1 Å². The third-order valence-corrected chi connectivity index (χ3v) is 3.26. The average molecular weight is 322 g/mol. The van der Waals surface area contributed by atoms with Crippen molar-refractivity contribution in [1.29, 1.82) is 5.26 Å². The minimum Gasteiger partial charge on any atom is -0.374 e. The van der Waals surface area contributed by atoms with E-state index in [0.29, 0.717) is 22.6 Å². The summed E-state index contributed by atoms with van der Waals surface area (Å²) in [5.41, 5.74) is 2.24. The molecular weight excluding hydrogens is 304 g/mol. The predicted octanol–water partition coefficient (Wildman–Crippen LogP) is 2.96. The van der Waals surface area contributed by atoms with E-state index in [1.165, 1.54) is 6.92 Å². The van der Waals surface area contributed by atoms with E-state index in [1.54, 1.807) is 55.5 Å². The molecule has 6 heteroatoms. The van der Waals surface area contributed by atoms with E-state index in [9.17, 15) is 9.59 Å². The number of nitrogens with zero attached hydrogens (tertiary/aromatic N) is 1. The Labute approximate surface area is 140 Å². The van der Waals surface area contributed by atoms with E-state index >= 15 is 0 Å². The molecule has 0 saturated heterocycles. The van der Waals surface area contributed by atoms with Crippen LogP contribution in [0.25, 0.3) is 0 Å². The SMILES string of the molecule is CC(=O)Nc1cccc(N[C@H](C)C(=O)Nc2ccccc2C#N)c1. The second kappa shape index (κ2) is 7.79. The quantitative estimate of drug-likeness (QED) is 0.789. The van der Waals surface area contributed by atoms with Crippen molar-refractivity contribution in [3.05, 3.63) is 54.1 Å². The number of hydrogen-bond acceptors (Lipinski definition) is 4. The maximum absolute atomic E-state index is 12.3. The summed E-state index contributed by atoms with van der Waals surface area (Å²) in [5.74, 6) is -0.423. The molecule has 0 saturated carbocycles. The van der Waals surface area contributed by atoms with E-state index in [4.69, 9.17) is 5.26 Å². The van der Waals surface area contributed by atoms with E-state index in [1.807, 2.05) is 6.07 Å². The van der Waals surface area contributed by atoms with Crippen molar-refractivity contribution in [3.63, 3.8) is 0 Å². The van der Waals surface area contributed by atoms with E-state index in [2.05, 4.69) is 16.0 Å². The second-order valence-electron chi connectivity index (χ2n) is 5.27. The number of anilines is 3. The van der Waals surface area contributed by atoms with Gasteiger partial charge in [-0.2, -0.15) is 5.26 Å². The Hall–Kier alpha value is -3.33. The van der Waals surface area contributed by atoms with Crippen LogP contribution < -0.4 is 16.0 Å². The molecule has 0 spiro atoms. The first-order valence-electron chi connectivity index (χ1n) is 7.44. The fraction of sp³-hybridized carbons (Fsp3) is 0.167. The average Bonchev–Trinajstić information content (AvgIpc) is 2.55. The standard InChI is InChI=1S/C18H18N4O2/c1-12(18(24)22-17-9-4-3-6-14(17)11-19)20-15-7-5-8-16(10-15)21-13(2)23/h3-10,12,20H,1-2H3,(H,21,23)(H,22,24)/t12-/m1/s1. The zero-order valence-corrected chi connectivity index (χ0v) is 13.5. The molecule has 6 nitrogen and oxygen atoms in total. The summed E-state index contributed by atoms with van der Waals surface area (Å²) >= 11 is 0. The minimum absolute atomic E-state index is 0.161. The molecule has 0 bridgehead atoms. The van der Waals surface area contributed by atoms with Gasteiger partial charge < -0.3 is 16.0 Å². The zero-order chi connectivity index (χ0) is 17.5. The van der Waals surface area contributed by atoms with Gasteiger partial charge in [-0.15, -0.1) is 0 Å². The van der Waals surface area contributed by atoms with Gasteiger partial charge in [-0.25, -0.2) is 0 Å². The number of amides is 2. The maximum Gasteiger partial charge on any atom is 0.246 e. The molecule has 122 valence electrons. The van der Waals surface area contributed by atoms with Crippen molar-refractivity contribution < 1.29 is 9.59 Å². The Morgan fingerprint density at radius 2 is 1.75 bits per heavy atom. The van der Waals surface area contributed by atoms with Crippen LogP contribution >= 0.6 is 0 Å². The van der Waals surface area contributed by atoms with Crippen LogP contribution in [-0.4, -0.2) is 17.9 Å². The van der Waals surface area contributed by atoms with Gasteiger partial charge in [-0.1, -0.05) is 18.2 Å². The Bertz CT molecular complexity index is 796. The van der Waals surface area contributed by atoms with Crippen molar-refractivity contribution in [1.82, 2.24) is 0 Å². The third-order valence-electron chi connectivity index (χ3n) is 3.26. The molecule has 2 rings (SSSR count). The molecule has 0 unspecified atom stereocenters. The van der Waals surface area contributed by atoms with E-state index in [-0.39, 0.29) is 11.8 Å². The lowest BCUT2D eigenvalue weighted by Crippen LogP contribution is -2.32. The molecule has 2 amide bonds. The van der Waals surface area contributed by atoms with Crippen molar-refractivity contribution in [2.75, 3.05) is 16.0 Å². The molecular formula is C18H18N4O2. The van der Waals surface area contributed by atoms with Crippen molar-refractivity contribution >= 4 is 28.9 Å². The lowest BCUT2D eigenvalue weighted by molar-refractivity contribution is -0.116. The molecule has 0 radical (unpaired) electrons. The van der Waals surface area contributed by atoms with Crippen LogP contribution in [0.2, 0.25) is 0 Å². The third kappa shape index (κ3) is 4.58. The van der Waals surface area contributed by atoms with Gasteiger partial charge in [0.15, 0.2) is 0 Å². The summed E-state index contributed by atoms with van der Waals surface area (Å²) in [4.78, 5) is 23.4. The number of rotatable bonds is 5. The lowest BCUT2D eigenvalue weighted by atomic mass is 10.2. The van der Waals surface area contributed by atoms with Crippen LogP contribution in [0.1, 0.15) is 19.4 Å². The number of nitrogens with one attached hydrogen (secondary N) is 3. The highest BCUT2D eigenvalue weighted by atomic mass is 16.2. The van der Waals surface area contributed by atoms with Gasteiger partial charge in [0.05, 0.1) is 11.3 Å². The Morgan fingerprint density at radius 1 is 1.04 bits per heavy atom. The first-order chi connectivity index (χ1) is 11.5. The first kappa shape index (κ1) is 17.0. The van der Waals surface area contributed by atoms with Crippen LogP contribution in [0, 0.1) is 11.3 Å². The number of hydrogen-bond donors (Lipinski definition) is 3. The van der Waals surface area contributed by atoms with Gasteiger partial charge in [0.2, 0.25) is 11.8 Å². The smallest absolute Gasteiger partial charge is 0.246 e. The summed E-state index contributed by atoms with van der Waals surface area (Å²) in [6, 6.07) is 15.4. The first-order valence-corrected chi connectivity index (χ1v) is 7.44. The van der Waals surface area contributed by atoms with Gasteiger partial charge in [0.25, 0.3) is 0 Å². The number of benzene rings is 2. The maximum atomic E-state index is 12.3. The second-order valence-corrected chi connectivity index (χ2v) is 5.27. The highest BCUT2D eigenvalue weighted by Gasteiger charge is 2.14. The number of carbonyl (C=O) groups is 2. The Balaban J connectivity index is 2.04. The highest BCUT2D eigenvalue weighted by Crippen LogP contribution is 2.17. The van der Waals surface area contributed by atoms with E-state index < -0.39 is 6.04 Å². The molecule has 0 fully saturated rings.